The SMILES string of the molecule is C[S+](Cc1ccc(Br)cc1)c1ccccc1.O=S(=O)([O-])C(F)(F)F. The van der Waals surface area contributed by atoms with Crippen LogP contribution < -0.4 is 0 Å². The van der Waals surface area contributed by atoms with Gasteiger partial charge in [-0.05, 0) is 24.3 Å². The molecule has 2 aromatic carbocycles. The van der Waals surface area contributed by atoms with Crippen molar-refractivity contribution >= 4 is 36.9 Å². The summed E-state index contributed by atoms with van der Waals surface area (Å²) in [6.45, 7) is 0. The Morgan fingerprint density at radius 1 is 1.04 bits per heavy atom. The molecule has 0 heterocycles. The summed E-state index contributed by atoms with van der Waals surface area (Å²) in [7, 11) is -5.80. The van der Waals surface area contributed by atoms with Crippen molar-refractivity contribution in [2.45, 2.75) is 16.2 Å². The zero-order chi connectivity index (χ0) is 18.4. The Labute approximate surface area is 150 Å². The Morgan fingerprint density at radius 3 is 1.92 bits per heavy atom. The molecule has 0 N–H and O–H groups in total. The normalized spacial score (nSPS) is 12.9. The molecule has 0 saturated heterocycles. The van der Waals surface area contributed by atoms with Gasteiger partial charge in [-0.1, -0.05) is 46.3 Å². The van der Waals surface area contributed by atoms with Crippen molar-refractivity contribution in [3.05, 3.63) is 64.6 Å². The maximum absolute atomic E-state index is 10.7. The first-order chi connectivity index (χ1) is 11.0. The van der Waals surface area contributed by atoms with Crippen molar-refractivity contribution in [1.29, 1.82) is 0 Å². The number of alkyl halides is 3. The van der Waals surface area contributed by atoms with E-state index in [1.165, 1.54) is 10.5 Å². The van der Waals surface area contributed by atoms with Crippen molar-refractivity contribution in [2.24, 2.45) is 0 Å². The Balaban J connectivity index is 0.000000307. The molecular formula is C15H14BrF3O3S2. The molecule has 24 heavy (non-hydrogen) atoms. The van der Waals surface area contributed by atoms with Crippen molar-refractivity contribution in [2.75, 3.05) is 6.26 Å². The quantitative estimate of drug-likeness (QED) is 0.404. The van der Waals surface area contributed by atoms with Gasteiger partial charge >= 0.3 is 5.51 Å². The number of rotatable bonds is 3. The summed E-state index contributed by atoms with van der Waals surface area (Å²) in [5.74, 6) is 1.12. The highest BCUT2D eigenvalue weighted by Crippen LogP contribution is 2.20. The summed E-state index contributed by atoms with van der Waals surface area (Å²) in [4.78, 5) is 1.44. The maximum Gasteiger partial charge on any atom is 0.485 e. The predicted molar refractivity (Wildman–Crippen MR) is 91.6 cm³/mol. The summed E-state index contributed by atoms with van der Waals surface area (Å²) >= 11 is 3.46. The van der Waals surface area contributed by atoms with Crippen LogP contribution in [-0.2, 0) is 26.8 Å². The second-order valence-electron chi connectivity index (χ2n) is 4.62. The largest absolute Gasteiger partial charge is 0.741 e. The third kappa shape index (κ3) is 7.25. The minimum absolute atomic E-state index is 0.294. The highest BCUT2D eigenvalue weighted by Gasteiger charge is 2.36. The average Bonchev–Trinajstić information content (AvgIpc) is 2.49. The van der Waals surface area contributed by atoms with Crippen LogP contribution >= 0.6 is 15.9 Å². The summed E-state index contributed by atoms with van der Waals surface area (Å²) in [5, 5.41) is 0. The Morgan fingerprint density at radius 2 is 1.50 bits per heavy atom. The molecule has 0 bridgehead atoms. The van der Waals surface area contributed by atoms with Crippen LogP contribution in [0.1, 0.15) is 5.56 Å². The topological polar surface area (TPSA) is 57.2 Å². The Kier molecular flexibility index (Phi) is 7.78. The highest BCUT2D eigenvalue weighted by molar-refractivity contribution is 9.10. The van der Waals surface area contributed by atoms with Crippen molar-refractivity contribution in [3.8, 4) is 0 Å². The molecule has 1 atom stereocenters. The fourth-order valence-corrected chi connectivity index (χ4v) is 3.31. The van der Waals surface area contributed by atoms with Gasteiger partial charge < -0.3 is 4.55 Å². The molecule has 3 nitrogen and oxygen atoms in total. The van der Waals surface area contributed by atoms with E-state index in [1.54, 1.807) is 0 Å². The molecule has 0 aromatic heterocycles. The lowest BCUT2D eigenvalue weighted by molar-refractivity contribution is -0.0517. The maximum atomic E-state index is 10.7. The Hall–Kier alpha value is -1.03. The first kappa shape index (κ1) is 21.0. The van der Waals surface area contributed by atoms with Gasteiger partial charge in [-0.2, -0.15) is 13.2 Å². The summed E-state index contributed by atoms with van der Waals surface area (Å²) in [6.07, 6.45) is 2.30. The van der Waals surface area contributed by atoms with Gasteiger partial charge in [-0.3, -0.25) is 0 Å². The molecule has 0 aliphatic carbocycles. The zero-order valence-electron chi connectivity index (χ0n) is 12.5. The number of halogens is 4. The van der Waals surface area contributed by atoms with E-state index in [9.17, 15) is 13.2 Å². The van der Waals surface area contributed by atoms with Gasteiger partial charge in [0.25, 0.3) is 0 Å². The number of benzene rings is 2. The molecule has 0 amide bonds. The van der Waals surface area contributed by atoms with Crippen LogP contribution in [0.5, 0.6) is 0 Å². The van der Waals surface area contributed by atoms with E-state index in [4.69, 9.17) is 13.0 Å². The highest BCUT2D eigenvalue weighted by atomic mass is 79.9. The van der Waals surface area contributed by atoms with E-state index in [0.29, 0.717) is 10.9 Å². The first-order valence-electron chi connectivity index (χ1n) is 6.45. The van der Waals surface area contributed by atoms with Crippen molar-refractivity contribution in [1.82, 2.24) is 0 Å². The van der Waals surface area contributed by atoms with Crippen LogP contribution in [0.2, 0.25) is 0 Å². The molecule has 2 aromatic rings. The molecule has 0 fully saturated rings. The fraction of sp³-hybridized carbons (Fsp3) is 0.200. The lowest BCUT2D eigenvalue weighted by atomic mass is 10.2. The second-order valence-corrected chi connectivity index (χ2v) is 8.94. The molecule has 2 rings (SSSR count). The van der Waals surface area contributed by atoms with Crippen LogP contribution in [0.25, 0.3) is 0 Å². The summed E-state index contributed by atoms with van der Waals surface area (Å²) < 4.78 is 60.0. The summed E-state index contributed by atoms with van der Waals surface area (Å²) in [5.41, 5.74) is -4.25. The average molecular weight is 443 g/mol. The molecule has 0 aliphatic heterocycles. The lowest BCUT2D eigenvalue weighted by Crippen LogP contribution is -2.21. The minimum atomic E-state index is -6.09. The van der Waals surface area contributed by atoms with Gasteiger partial charge in [0.05, 0.1) is 0 Å². The van der Waals surface area contributed by atoms with Gasteiger partial charge in [0.15, 0.2) is 15.0 Å². The van der Waals surface area contributed by atoms with Crippen LogP contribution in [0.3, 0.4) is 0 Å². The van der Waals surface area contributed by atoms with Gasteiger partial charge in [0, 0.05) is 20.9 Å². The third-order valence-corrected chi connectivity index (χ3v) is 5.66. The molecule has 0 radical (unpaired) electrons. The van der Waals surface area contributed by atoms with Crippen LogP contribution in [0, 0.1) is 0 Å². The molecule has 132 valence electrons. The third-order valence-electron chi connectivity index (χ3n) is 2.73. The van der Waals surface area contributed by atoms with E-state index in [1.807, 2.05) is 0 Å². The van der Waals surface area contributed by atoms with Gasteiger partial charge in [-0.15, -0.1) is 0 Å². The molecular weight excluding hydrogens is 429 g/mol. The Bertz CT molecular complexity index is 733. The number of hydrogen-bond donors (Lipinski definition) is 0. The molecule has 1 unspecified atom stereocenters. The van der Waals surface area contributed by atoms with E-state index in [-0.39, 0.29) is 0 Å². The van der Waals surface area contributed by atoms with Gasteiger partial charge in [0.1, 0.15) is 12.0 Å². The first-order valence-corrected chi connectivity index (χ1v) is 10.5. The number of hydrogen-bond acceptors (Lipinski definition) is 3. The van der Waals surface area contributed by atoms with Crippen LogP contribution in [0.4, 0.5) is 13.2 Å². The predicted octanol–water partition coefficient (Wildman–Crippen LogP) is 4.31. The van der Waals surface area contributed by atoms with Gasteiger partial charge in [0.2, 0.25) is 0 Å². The molecule has 0 saturated carbocycles. The lowest BCUT2D eigenvalue weighted by Gasteiger charge is -2.08. The molecule has 9 heteroatoms. The van der Waals surface area contributed by atoms with E-state index >= 15 is 0 Å². The van der Waals surface area contributed by atoms with Crippen molar-refractivity contribution < 1.29 is 26.1 Å². The van der Waals surface area contributed by atoms with Crippen LogP contribution in [-0.4, -0.2) is 24.7 Å². The van der Waals surface area contributed by atoms with E-state index < -0.39 is 15.6 Å². The van der Waals surface area contributed by atoms with Crippen LogP contribution in [0.15, 0.2) is 64.0 Å². The van der Waals surface area contributed by atoms with Gasteiger partial charge in [-0.25, -0.2) is 8.42 Å². The standard InChI is InChI=1S/C14H14BrS.CHF3O3S/c1-16(14-5-3-2-4-6-14)11-12-7-9-13(15)10-8-12;2-1(3,4)8(5,6)7/h2-10H,11H2,1H3;(H,5,6,7)/q+1;/p-1. The summed E-state index contributed by atoms with van der Waals surface area (Å²) in [6, 6.07) is 19.3. The fourth-order valence-electron chi connectivity index (χ4n) is 1.57. The molecule has 0 spiro atoms. The second kappa shape index (κ2) is 8.89. The van der Waals surface area contributed by atoms with E-state index in [2.05, 4.69) is 76.8 Å². The van der Waals surface area contributed by atoms with E-state index in [0.717, 1.165) is 10.2 Å². The molecule has 0 aliphatic rings. The monoisotopic (exact) mass is 442 g/mol. The zero-order valence-corrected chi connectivity index (χ0v) is 15.7. The smallest absolute Gasteiger partial charge is 0.485 e. The minimum Gasteiger partial charge on any atom is -0.741 e. The van der Waals surface area contributed by atoms with Crippen molar-refractivity contribution in [3.63, 3.8) is 0 Å².